The number of anilines is 1. The van der Waals surface area contributed by atoms with Crippen molar-refractivity contribution >= 4 is 17.3 Å². The molecule has 0 fully saturated rings. The number of nitrogens with zero attached hydrogens (tertiary/aromatic N) is 1. The van der Waals surface area contributed by atoms with Crippen LogP contribution in [-0.4, -0.2) is 17.8 Å². The molecule has 0 aromatic heterocycles. The van der Waals surface area contributed by atoms with Crippen molar-refractivity contribution in [1.82, 2.24) is 0 Å². The van der Waals surface area contributed by atoms with Crippen molar-refractivity contribution in [3.8, 4) is 6.07 Å². The highest BCUT2D eigenvalue weighted by Gasteiger charge is 2.02. The van der Waals surface area contributed by atoms with Crippen molar-refractivity contribution in [3.63, 3.8) is 0 Å². The van der Waals surface area contributed by atoms with Crippen LogP contribution < -0.4 is 5.32 Å². The van der Waals surface area contributed by atoms with E-state index in [9.17, 15) is 0 Å². The third kappa shape index (κ3) is 2.91. The van der Waals surface area contributed by atoms with Gasteiger partial charge in [-0.25, -0.2) is 0 Å². The summed E-state index contributed by atoms with van der Waals surface area (Å²) in [6.45, 7) is 2.09. The lowest BCUT2D eigenvalue weighted by atomic mass is 10.2. The number of nitriles is 1. The predicted octanol–water partition coefficient (Wildman–Crippen LogP) is 2.00. The zero-order valence-electron chi connectivity index (χ0n) is 7.79. The normalized spacial score (nSPS) is 11.9. The SMILES string of the molecule is CC(O)CNc1cc(C#N)ccc1Cl. The number of aliphatic hydroxyl groups excluding tert-OH is 1. The number of halogens is 1. The second-order valence-corrected chi connectivity index (χ2v) is 3.44. The molecule has 1 rings (SSSR count). The molecule has 0 amide bonds. The fourth-order valence-electron chi connectivity index (χ4n) is 0.988. The molecule has 1 aromatic carbocycles. The summed E-state index contributed by atoms with van der Waals surface area (Å²) in [5.74, 6) is 0. The lowest BCUT2D eigenvalue weighted by Crippen LogP contribution is -2.15. The molecule has 4 heteroatoms. The highest BCUT2D eigenvalue weighted by molar-refractivity contribution is 6.33. The molecule has 0 saturated heterocycles. The third-order valence-corrected chi connectivity index (χ3v) is 2.01. The van der Waals surface area contributed by atoms with Crippen molar-refractivity contribution in [2.24, 2.45) is 0 Å². The van der Waals surface area contributed by atoms with E-state index in [-0.39, 0.29) is 0 Å². The summed E-state index contributed by atoms with van der Waals surface area (Å²) in [6.07, 6.45) is -0.447. The van der Waals surface area contributed by atoms with E-state index in [4.69, 9.17) is 22.0 Å². The Bertz CT molecular complexity index is 358. The monoisotopic (exact) mass is 210 g/mol. The van der Waals surface area contributed by atoms with Crippen LogP contribution in [0.5, 0.6) is 0 Å². The van der Waals surface area contributed by atoms with Crippen LogP contribution in [0, 0.1) is 11.3 Å². The van der Waals surface area contributed by atoms with Gasteiger partial charge in [0.1, 0.15) is 0 Å². The van der Waals surface area contributed by atoms with E-state index >= 15 is 0 Å². The molecule has 0 radical (unpaired) electrons. The van der Waals surface area contributed by atoms with Gasteiger partial charge in [0.05, 0.1) is 28.4 Å². The molecule has 3 nitrogen and oxygen atoms in total. The van der Waals surface area contributed by atoms with Gasteiger partial charge in [0.25, 0.3) is 0 Å². The van der Waals surface area contributed by atoms with Crippen LogP contribution >= 0.6 is 11.6 Å². The number of nitrogens with one attached hydrogen (secondary N) is 1. The Labute approximate surface area is 87.9 Å². The zero-order valence-corrected chi connectivity index (χ0v) is 8.54. The van der Waals surface area contributed by atoms with Crippen molar-refractivity contribution in [2.45, 2.75) is 13.0 Å². The van der Waals surface area contributed by atoms with Gasteiger partial charge in [-0.15, -0.1) is 0 Å². The molecule has 2 N–H and O–H groups in total. The molecule has 0 aliphatic heterocycles. The number of aliphatic hydroxyl groups is 1. The first-order valence-electron chi connectivity index (χ1n) is 4.25. The summed E-state index contributed by atoms with van der Waals surface area (Å²) in [7, 11) is 0. The molecule has 74 valence electrons. The van der Waals surface area contributed by atoms with E-state index < -0.39 is 6.10 Å². The Morgan fingerprint density at radius 1 is 1.64 bits per heavy atom. The summed E-state index contributed by atoms with van der Waals surface area (Å²) in [5, 5.41) is 21.2. The van der Waals surface area contributed by atoms with Gasteiger partial charge in [-0.05, 0) is 25.1 Å². The molecule has 14 heavy (non-hydrogen) atoms. The molecule has 0 aliphatic rings. The summed E-state index contributed by atoms with van der Waals surface area (Å²) >= 11 is 5.88. The summed E-state index contributed by atoms with van der Waals surface area (Å²) in [5.41, 5.74) is 1.22. The minimum atomic E-state index is -0.447. The van der Waals surface area contributed by atoms with Gasteiger partial charge in [-0.1, -0.05) is 11.6 Å². The highest BCUT2D eigenvalue weighted by atomic mass is 35.5. The van der Waals surface area contributed by atoms with Crippen LogP contribution in [0.4, 0.5) is 5.69 Å². The quantitative estimate of drug-likeness (QED) is 0.803. The molecular formula is C10H11ClN2O. The van der Waals surface area contributed by atoms with Gasteiger partial charge in [0, 0.05) is 6.54 Å². The number of benzene rings is 1. The van der Waals surface area contributed by atoms with Gasteiger partial charge in [-0.2, -0.15) is 5.26 Å². The number of rotatable bonds is 3. The summed E-state index contributed by atoms with van der Waals surface area (Å²) < 4.78 is 0. The molecule has 0 heterocycles. The van der Waals surface area contributed by atoms with Gasteiger partial charge in [-0.3, -0.25) is 0 Å². The summed E-state index contributed by atoms with van der Waals surface area (Å²) in [4.78, 5) is 0. The maximum atomic E-state index is 9.06. The molecule has 1 unspecified atom stereocenters. The lowest BCUT2D eigenvalue weighted by Gasteiger charge is -2.09. The minimum Gasteiger partial charge on any atom is -0.392 e. The Morgan fingerprint density at radius 2 is 2.36 bits per heavy atom. The van der Waals surface area contributed by atoms with Crippen molar-refractivity contribution in [2.75, 3.05) is 11.9 Å². The number of hydrogen-bond acceptors (Lipinski definition) is 3. The van der Waals surface area contributed by atoms with Gasteiger partial charge in [0.2, 0.25) is 0 Å². The van der Waals surface area contributed by atoms with Crippen LogP contribution in [-0.2, 0) is 0 Å². The largest absolute Gasteiger partial charge is 0.392 e. The molecule has 1 atom stereocenters. The average molecular weight is 211 g/mol. The van der Waals surface area contributed by atoms with Gasteiger partial charge >= 0.3 is 0 Å². The maximum Gasteiger partial charge on any atom is 0.0992 e. The van der Waals surface area contributed by atoms with Crippen LogP contribution in [0.1, 0.15) is 12.5 Å². The van der Waals surface area contributed by atoms with Crippen LogP contribution in [0.2, 0.25) is 5.02 Å². The molecule has 0 spiro atoms. The Morgan fingerprint density at radius 3 is 2.93 bits per heavy atom. The average Bonchev–Trinajstić information content (AvgIpc) is 2.16. The van der Waals surface area contributed by atoms with E-state index in [0.717, 1.165) is 0 Å². The number of hydrogen-bond donors (Lipinski definition) is 2. The topological polar surface area (TPSA) is 56.0 Å². The van der Waals surface area contributed by atoms with Crippen LogP contribution in [0.3, 0.4) is 0 Å². The maximum absolute atomic E-state index is 9.06. The molecule has 0 aliphatic carbocycles. The predicted molar refractivity (Wildman–Crippen MR) is 56.3 cm³/mol. The van der Waals surface area contributed by atoms with E-state index in [0.29, 0.717) is 22.8 Å². The first-order chi connectivity index (χ1) is 6.63. The standard InChI is InChI=1S/C10H11ClN2O/c1-7(14)6-13-10-4-8(5-12)2-3-9(10)11/h2-4,7,13-14H,6H2,1H3. The van der Waals surface area contributed by atoms with Crippen molar-refractivity contribution in [3.05, 3.63) is 28.8 Å². The second-order valence-electron chi connectivity index (χ2n) is 3.04. The van der Waals surface area contributed by atoms with E-state index in [2.05, 4.69) is 5.32 Å². The first-order valence-corrected chi connectivity index (χ1v) is 4.63. The Kier molecular flexibility index (Phi) is 3.75. The van der Waals surface area contributed by atoms with Crippen LogP contribution in [0.25, 0.3) is 0 Å². The molecule has 0 saturated carbocycles. The lowest BCUT2D eigenvalue weighted by molar-refractivity contribution is 0.208. The van der Waals surface area contributed by atoms with Gasteiger partial charge < -0.3 is 10.4 Å². The van der Waals surface area contributed by atoms with Crippen molar-refractivity contribution in [1.29, 1.82) is 5.26 Å². The zero-order chi connectivity index (χ0) is 10.6. The van der Waals surface area contributed by atoms with Gasteiger partial charge in [0.15, 0.2) is 0 Å². The van der Waals surface area contributed by atoms with Crippen molar-refractivity contribution < 1.29 is 5.11 Å². The van der Waals surface area contributed by atoms with E-state index in [1.807, 2.05) is 6.07 Å². The Balaban J connectivity index is 2.80. The molecular weight excluding hydrogens is 200 g/mol. The van der Waals surface area contributed by atoms with Crippen LogP contribution in [0.15, 0.2) is 18.2 Å². The van der Waals surface area contributed by atoms with E-state index in [1.54, 1.807) is 25.1 Å². The smallest absolute Gasteiger partial charge is 0.0992 e. The molecule has 0 bridgehead atoms. The highest BCUT2D eigenvalue weighted by Crippen LogP contribution is 2.22. The first kappa shape index (κ1) is 10.8. The minimum absolute atomic E-state index is 0.411. The summed E-state index contributed by atoms with van der Waals surface area (Å²) in [6, 6.07) is 6.98. The Hall–Kier alpha value is -1.24. The molecule has 1 aromatic rings. The fourth-order valence-corrected chi connectivity index (χ4v) is 1.17. The second kappa shape index (κ2) is 4.85. The fraction of sp³-hybridized carbons (Fsp3) is 0.300. The van der Waals surface area contributed by atoms with E-state index in [1.165, 1.54) is 0 Å². The third-order valence-electron chi connectivity index (χ3n) is 1.68.